The number of rotatable bonds is 4. The molecule has 2 fully saturated rings. The molecule has 0 aromatic carbocycles. The largest absolute Gasteiger partial charge is 0.481 e. The van der Waals surface area contributed by atoms with Gasteiger partial charge in [-0.05, 0) is 50.6 Å². The lowest BCUT2D eigenvalue weighted by Gasteiger charge is -2.49. The van der Waals surface area contributed by atoms with Gasteiger partial charge in [0.15, 0.2) is 0 Å². The summed E-state index contributed by atoms with van der Waals surface area (Å²) in [5, 5.41) is 9.60. The Kier molecular flexibility index (Phi) is 4.78. The zero-order valence-corrected chi connectivity index (χ0v) is 13.5. The maximum absolute atomic E-state index is 11.7. The maximum atomic E-state index is 11.7. The summed E-state index contributed by atoms with van der Waals surface area (Å²) in [5.74, 6) is -0.568. The number of nitrogens with zero attached hydrogens (tertiary/aromatic N) is 1. The van der Waals surface area contributed by atoms with E-state index in [9.17, 15) is 9.90 Å². The van der Waals surface area contributed by atoms with E-state index in [0.29, 0.717) is 11.5 Å². The Morgan fingerprint density at radius 3 is 2.35 bits per heavy atom. The lowest BCUT2D eigenvalue weighted by molar-refractivity contribution is -0.153. The van der Waals surface area contributed by atoms with Crippen LogP contribution in [0.5, 0.6) is 0 Å². The molecule has 3 heteroatoms. The van der Waals surface area contributed by atoms with Crippen LogP contribution in [0.25, 0.3) is 0 Å². The van der Waals surface area contributed by atoms with E-state index in [-0.39, 0.29) is 0 Å². The van der Waals surface area contributed by atoms with E-state index in [4.69, 9.17) is 0 Å². The molecule has 0 bridgehead atoms. The molecule has 1 N–H and O–H groups in total. The van der Waals surface area contributed by atoms with Crippen molar-refractivity contribution in [3.8, 4) is 0 Å². The van der Waals surface area contributed by atoms with Crippen LogP contribution in [0.4, 0.5) is 0 Å². The first-order chi connectivity index (χ1) is 9.41. The molecule has 0 aromatic heterocycles. The monoisotopic (exact) mass is 281 g/mol. The van der Waals surface area contributed by atoms with Crippen LogP contribution in [-0.2, 0) is 4.79 Å². The van der Waals surface area contributed by atoms with Gasteiger partial charge in [-0.25, -0.2) is 0 Å². The maximum Gasteiger partial charge on any atom is 0.309 e. The second-order valence-electron chi connectivity index (χ2n) is 7.62. The fourth-order valence-corrected chi connectivity index (χ4v) is 4.47. The Hall–Kier alpha value is -0.570. The summed E-state index contributed by atoms with van der Waals surface area (Å²) in [6.07, 6.45) is 8.78. The molecule has 1 saturated carbocycles. The molecule has 20 heavy (non-hydrogen) atoms. The molecule has 2 rings (SSSR count). The van der Waals surface area contributed by atoms with E-state index >= 15 is 0 Å². The first-order valence-electron chi connectivity index (χ1n) is 8.39. The lowest BCUT2D eigenvalue weighted by atomic mass is 9.70. The Morgan fingerprint density at radius 1 is 1.20 bits per heavy atom. The SMILES string of the molecule is CCCC1(C(=O)O)CCN(C2CCCCC2(C)C)CC1. The summed E-state index contributed by atoms with van der Waals surface area (Å²) in [5.41, 5.74) is -0.0453. The van der Waals surface area contributed by atoms with E-state index < -0.39 is 11.4 Å². The molecule has 1 aliphatic carbocycles. The summed E-state index contributed by atoms with van der Waals surface area (Å²) in [4.78, 5) is 14.3. The standard InChI is InChI=1S/C17H31NO2/c1-4-8-17(15(19)20)10-12-18(13-11-17)14-7-5-6-9-16(14,2)3/h14H,4-13H2,1-3H3,(H,19,20). The number of likely N-dealkylation sites (tertiary alicyclic amines) is 1. The van der Waals surface area contributed by atoms with Gasteiger partial charge in [0.1, 0.15) is 0 Å². The fourth-order valence-electron chi connectivity index (χ4n) is 4.47. The van der Waals surface area contributed by atoms with Crippen LogP contribution in [0.15, 0.2) is 0 Å². The van der Waals surface area contributed by atoms with Crippen LogP contribution < -0.4 is 0 Å². The van der Waals surface area contributed by atoms with Gasteiger partial charge in [0.25, 0.3) is 0 Å². The van der Waals surface area contributed by atoms with Crippen molar-refractivity contribution in [3.63, 3.8) is 0 Å². The highest BCUT2D eigenvalue weighted by Crippen LogP contribution is 2.43. The highest BCUT2D eigenvalue weighted by molar-refractivity contribution is 5.74. The molecular weight excluding hydrogens is 250 g/mol. The minimum Gasteiger partial charge on any atom is -0.481 e. The van der Waals surface area contributed by atoms with Crippen molar-refractivity contribution in [2.75, 3.05) is 13.1 Å². The zero-order chi connectivity index (χ0) is 14.8. The van der Waals surface area contributed by atoms with Gasteiger partial charge in [-0.15, -0.1) is 0 Å². The van der Waals surface area contributed by atoms with Crippen molar-refractivity contribution >= 4 is 5.97 Å². The van der Waals surface area contributed by atoms with Gasteiger partial charge >= 0.3 is 5.97 Å². The van der Waals surface area contributed by atoms with Gasteiger partial charge in [-0.2, -0.15) is 0 Å². The van der Waals surface area contributed by atoms with E-state index in [1.54, 1.807) is 0 Å². The summed E-state index contributed by atoms with van der Waals surface area (Å²) >= 11 is 0. The van der Waals surface area contributed by atoms with Crippen LogP contribution in [0.1, 0.15) is 72.1 Å². The van der Waals surface area contributed by atoms with Gasteiger partial charge in [0.05, 0.1) is 5.41 Å². The average Bonchev–Trinajstić information content (AvgIpc) is 2.39. The summed E-state index contributed by atoms with van der Waals surface area (Å²) in [6.45, 7) is 8.83. The third-order valence-electron chi connectivity index (χ3n) is 5.83. The van der Waals surface area contributed by atoms with Crippen LogP contribution in [-0.4, -0.2) is 35.1 Å². The predicted molar refractivity (Wildman–Crippen MR) is 81.8 cm³/mol. The highest BCUT2D eigenvalue weighted by Gasteiger charge is 2.44. The molecule has 0 amide bonds. The third kappa shape index (κ3) is 3.03. The fraction of sp³-hybridized carbons (Fsp3) is 0.941. The Labute approximate surface area is 123 Å². The van der Waals surface area contributed by atoms with Crippen LogP contribution >= 0.6 is 0 Å². The molecule has 3 nitrogen and oxygen atoms in total. The van der Waals surface area contributed by atoms with Crippen molar-refractivity contribution in [2.45, 2.75) is 78.2 Å². The predicted octanol–water partition coefficient (Wildman–Crippen LogP) is 3.92. The molecule has 116 valence electrons. The first-order valence-corrected chi connectivity index (χ1v) is 8.39. The molecule has 0 spiro atoms. The number of piperidine rings is 1. The second-order valence-corrected chi connectivity index (χ2v) is 7.62. The van der Waals surface area contributed by atoms with Crippen molar-refractivity contribution in [2.24, 2.45) is 10.8 Å². The van der Waals surface area contributed by atoms with Gasteiger partial charge in [-0.3, -0.25) is 9.69 Å². The van der Waals surface area contributed by atoms with Gasteiger partial charge in [0, 0.05) is 6.04 Å². The third-order valence-corrected chi connectivity index (χ3v) is 5.83. The Bertz CT molecular complexity index is 343. The zero-order valence-electron chi connectivity index (χ0n) is 13.5. The highest BCUT2D eigenvalue weighted by atomic mass is 16.4. The van der Waals surface area contributed by atoms with E-state index in [1.807, 2.05) is 0 Å². The van der Waals surface area contributed by atoms with E-state index in [1.165, 1.54) is 25.7 Å². The Balaban J connectivity index is 2.01. The first kappa shape index (κ1) is 15.8. The molecule has 1 atom stereocenters. The minimum atomic E-state index is -0.568. The molecule has 0 radical (unpaired) electrons. The summed E-state index contributed by atoms with van der Waals surface area (Å²) < 4.78 is 0. The van der Waals surface area contributed by atoms with E-state index in [0.717, 1.165) is 38.8 Å². The minimum absolute atomic E-state index is 0.395. The quantitative estimate of drug-likeness (QED) is 0.849. The van der Waals surface area contributed by atoms with Crippen LogP contribution in [0, 0.1) is 10.8 Å². The number of carbonyl (C=O) groups is 1. The smallest absolute Gasteiger partial charge is 0.309 e. The van der Waals surface area contributed by atoms with Gasteiger partial charge < -0.3 is 5.11 Å². The normalized spacial score (nSPS) is 30.1. The molecular formula is C17H31NO2. The number of hydrogen-bond acceptors (Lipinski definition) is 2. The number of aliphatic carboxylic acids is 1. The summed E-state index contributed by atoms with van der Waals surface area (Å²) in [6, 6.07) is 0.657. The van der Waals surface area contributed by atoms with Crippen molar-refractivity contribution in [1.29, 1.82) is 0 Å². The van der Waals surface area contributed by atoms with Gasteiger partial charge in [0.2, 0.25) is 0 Å². The number of carboxylic acids is 1. The molecule has 1 saturated heterocycles. The molecule has 1 aliphatic heterocycles. The van der Waals surface area contributed by atoms with Crippen LogP contribution in [0.2, 0.25) is 0 Å². The average molecular weight is 281 g/mol. The number of hydrogen-bond donors (Lipinski definition) is 1. The topological polar surface area (TPSA) is 40.5 Å². The molecule has 1 heterocycles. The van der Waals surface area contributed by atoms with Crippen LogP contribution in [0.3, 0.4) is 0 Å². The van der Waals surface area contributed by atoms with Crippen molar-refractivity contribution in [3.05, 3.63) is 0 Å². The number of carboxylic acid groups (broad SMARTS) is 1. The van der Waals surface area contributed by atoms with Crippen molar-refractivity contribution in [1.82, 2.24) is 4.90 Å². The van der Waals surface area contributed by atoms with Crippen molar-refractivity contribution < 1.29 is 9.90 Å². The Morgan fingerprint density at radius 2 is 1.85 bits per heavy atom. The summed E-state index contributed by atoms with van der Waals surface area (Å²) in [7, 11) is 0. The molecule has 0 aromatic rings. The second kappa shape index (κ2) is 6.05. The van der Waals surface area contributed by atoms with Gasteiger partial charge in [-0.1, -0.05) is 40.0 Å². The lowest BCUT2D eigenvalue weighted by Crippen LogP contribution is -2.53. The van der Waals surface area contributed by atoms with E-state index in [2.05, 4.69) is 25.7 Å². The molecule has 1 unspecified atom stereocenters. The molecule has 2 aliphatic rings.